The molecule has 0 saturated carbocycles. The number of benzene rings is 1. The molecule has 0 aliphatic carbocycles. The van der Waals surface area contributed by atoms with Gasteiger partial charge in [-0.05, 0) is 30.0 Å². The molecule has 0 spiro atoms. The molecular weight excluding hydrogens is 198 g/mol. The summed E-state index contributed by atoms with van der Waals surface area (Å²) in [6.45, 7) is 2.01. The summed E-state index contributed by atoms with van der Waals surface area (Å²) < 4.78 is 5.13. The summed E-state index contributed by atoms with van der Waals surface area (Å²) in [5.74, 6) is 0.798. The molecule has 3 heteroatoms. The van der Waals surface area contributed by atoms with Crippen LogP contribution in [0.3, 0.4) is 0 Å². The highest BCUT2D eigenvalue weighted by molar-refractivity contribution is 6.34. The van der Waals surface area contributed by atoms with Gasteiger partial charge in [0.15, 0.2) is 0 Å². The number of methoxy groups -OCH3 is 1. The molecule has 1 aromatic carbocycles. The van der Waals surface area contributed by atoms with Crippen molar-refractivity contribution in [3.8, 4) is 5.75 Å². The smallest absolute Gasteiger partial charge is 0.136 e. The zero-order valence-electron chi connectivity index (χ0n) is 8.04. The van der Waals surface area contributed by atoms with Crippen molar-refractivity contribution in [2.45, 2.75) is 6.92 Å². The van der Waals surface area contributed by atoms with Crippen molar-refractivity contribution < 1.29 is 4.74 Å². The average molecular weight is 208 g/mol. The molecule has 0 unspecified atom stereocenters. The molecule has 2 nitrogen and oxygen atoms in total. The maximum atomic E-state index is 5.99. The molecule has 0 fully saturated rings. The Hall–Kier alpha value is -1.28. The van der Waals surface area contributed by atoms with Crippen LogP contribution in [0.4, 0.5) is 0 Å². The van der Waals surface area contributed by atoms with Gasteiger partial charge in [-0.1, -0.05) is 17.7 Å². The van der Waals surface area contributed by atoms with Gasteiger partial charge in [-0.3, -0.25) is 0 Å². The van der Waals surface area contributed by atoms with E-state index in [1.807, 2.05) is 25.1 Å². The van der Waals surface area contributed by atoms with Gasteiger partial charge in [0.25, 0.3) is 0 Å². The number of rotatable bonds is 1. The highest BCUT2D eigenvalue weighted by Gasteiger charge is 2.04. The fourth-order valence-corrected chi connectivity index (χ4v) is 1.66. The van der Waals surface area contributed by atoms with Crippen LogP contribution in [-0.4, -0.2) is 12.1 Å². The molecule has 0 amide bonds. The third-order valence-corrected chi connectivity index (χ3v) is 2.55. The molecule has 1 heterocycles. The Balaban J connectivity index is 2.80. The first-order valence-electron chi connectivity index (χ1n) is 4.31. The van der Waals surface area contributed by atoms with Crippen molar-refractivity contribution >= 4 is 22.4 Å². The van der Waals surface area contributed by atoms with Gasteiger partial charge in [-0.25, -0.2) is 4.98 Å². The van der Waals surface area contributed by atoms with E-state index in [1.165, 1.54) is 0 Å². The van der Waals surface area contributed by atoms with Gasteiger partial charge in [-0.2, -0.15) is 0 Å². The third-order valence-electron chi connectivity index (χ3n) is 2.25. The monoisotopic (exact) mass is 207 g/mol. The lowest BCUT2D eigenvalue weighted by Crippen LogP contribution is -1.86. The van der Waals surface area contributed by atoms with Crippen LogP contribution in [0, 0.1) is 6.92 Å². The Morgan fingerprint density at radius 3 is 2.79 bits per heavy atom. The Morgan fingerprint density at radius 2 is 2.07 bits per heavy atom. The molecule has 2 rings (SSSR count). The summed E-state index contributed by atoms with van der Waals surface area (Å²) in [5.41, 5.74) is 1.12. The van der Waals surface area contributed by atoms with Crippen molar-refractivity contribution in [3.05, 3.63) is 35.1 Å². The van der Waals surface area contributed by atoms with Crippen molar-refractivity contribution in [3.63, 3.8) is 0 Å². The van der Waals surface area contributed by atoms with Gasteiger partial charge in [0.1, 0.15) is 10.9 Å². The fourth-order valence-electron chi connectivity index (χ4n) is 1.46. The number of pyridine rings is 1. The minimum Gasteiger partial charge on any atom is -0.497 e. The summed E-state index contributed by atoms with van der Waals surface area (Å²) >= 11 is 5.99. The topological polar surface area (TPSA) is 22.1 Å². The highest BCUT2D eigenvalue weighted by Crippen LogP contribution is 2.27. The Labute approximate surface area is 87.5 Å². The number of hydrogen-bond acceptors (Lipinski definition) is 2. The molecule has 0 aliphatic rings. The lowest BCUT2D eigenvalue weighted by Gasteiger charge is -2.05. The van der Waals surface area contributed by atoms with Gasteiger partial charge in [0.2, 0.25) is 0 Å². The molecular formula is C11H10ClNO. The summed E-state index contributed by atoms with van der Waals surface area (Å²) in [6, 6.07) is 5.82. The maximum absolute atomic E-state index is 5.99. The number of ether oxygens (including phenoxy) is 1. The van der Waals surface area contributed by atoms with Crippen LogP contribution in [0.15, 0.2) is 24.4 Å². The van der Waals surface area contributed by atoms with E-state index in [2.05, 4.69) is 4.98 Å². The molecule has 72 valence electrons. The lowest BCUT2D eigenvalue weighted by atomic mass is 10.1. The standard InChI is InChI=1S/C11H10ClNO/c1-7-6-13-11(12)10-5-8(14-2)3-4-9(7)10/h3-6H,1-2H3. The van der Waals surface area contributed by atoms with Gasteiger partial charge < -0.3 is 4.74 Å². The lowest BCUT2D eigenvalue weighted by molar-refractivity contribution is 0.415. The number of fused-ring (bicyclic) bond motifs is 1. The SMILES string of the molecule is COc1ccc2c(C)cnc(Cl)c2c1. The number of aromatic nitrogens is 1. The second-order valence-corrected chi connectivity index (χ2v) is 3.50. The fraction of sp³-hybridized carbons (Fsp3) is 0.182. The number of nitrogens with zero attached hydrogens (tertiary/aromatic N) is 1. The van der Waals surface area contributed by atoms with Crippen LogP contribution in [0.2, 0.25) is 5.15 Å². The summed E-state index contributed by atoms with van der Waals surface area (Å²) in [6.07, 6.45) is 1.77. The van der Waals surface area contributed by atoms with Crippen LogP contribution >= 0.6 is 11.6 Å². The zero-order valence-corrected chi connectivity index (χ0v) is 8.80. The minimum absolute atomic E-state index is 0.518. The first-order chi connectivity index (χ1) is 6.72. The first-order valence-corrected chi connectivity index (χ1v) is 4.69. The van der Waals surface area contributed by atoms with E-state index in [4.69, 9.17) is 16.3 Å². The zero-order chi connectivity index (χ0) is 10.1. The largest absolute Gasteiger partial charge is 0.497 e. The van der Waals surface area contributed by atoms with E-state index in [9.17, 15) is 0 Å². The summed E-state index contributed by atoms with van der Waals surface area (Å²) in [5, 5.41) is 2.57. The average Bonchev–Trinajstić information content (AvgIpc) is 2.23. The second kappa shape index (κ2) is 3.46. The molecule has 0 atom stereocenters. The van der Waals surface area contributed by atoms with E-state index in [0.717, 1.165) is 22.1 Å². The predicted molar refractivity (Wildman–Crippen MR) is 58.0 cm³/mol. The Morgan fingerprint density at radius 1 is 1.29 bits per heavy atom. The van der Waals surface area contributed by atoms with Gasteiger partial charge >= 0.3 is 0 Å². The van der Waals surface area contributed by atoms with Gasteiger partial charge in [0, 0.05) is 11.6 Å². The molecule has 0 radical (unpaired) electrons. The molecule has 1 aromatic heterocycles. The van der Waals surface area contributed by atoms with Crippen LogP contribution in [0.5, 0.6) is 5.75 Å². The summed E-state index contributed by atoms with van der Waals surface area (Å²) in [4.78, 5) is 4.09. The number of halogens is 1. The Bertz CT molecular complexity index is 482. The molecule has 0 aliphatic heterocycles. The van der Waals surface area contributed by atoms with Crippen LogP contribution < -0.4 is 4.74 Å². The molecule has 2 aromatic rings. The molecule has 14 heavy (non-hydrogen) atoms. The molecule has 0 N–H and O–H groups in total. The van der Waals surface area contributed by atoms with Crippen molar-refractivity contribution in [2.24, 2.45) is 0 Å². The van der Waals surface area contributed by atoms with E-state index in [0.29, 0.717) is 5.15 Å². The Kier molecular flexibility index (Phi) is 2.30. The maximum Gasteiger partial charge on any atom is 0.136 e. The van der Waals surface area contributed by atoms with Crippen LogP contribution in [-0.2, 0) is 0 Å². The summed E-state index contributed by atoms with van der Waals surface area (Å²) in [7, 11) is 1.64. The third kappa shape index (κ3) is 1.42. The molecule has 0 saturated heterocycles. The minimum atomic E-state index is 0.518. The number of aryl methyl sites for hydroxylation is 1. The van der Waals surface area contributed by atoms with E-state index in [1.54, 1.807) is 13.3 Å². The van der Waals surface area contributed by atoms with E-state index < -0.39 is 0 Å². The first kappa shape index (κ1) is 9.28. The van der Waals surface area contributed by atoms with E-state index in [-0.39, 0.29) is 0 Å². The normalized spacial score (nSPS) is 10.5. The van der Waals surface area contributed by atoms with Crippen molar-refractivity contribution in [1.82, 2.24) is 4.98 Å². The van der Waals surface area contributed by atoms with Crippen molar-refractivity contribution in [1.29, 1.82) is 0 Å². The number of hydrogen-bond donors (Lipinski definition) is 0. The van der Waals surface area contributed by atoms with Gasteiger partial charge in [0.05, 0.1) is 7.11 Å². The van der Waals surface area contributed by atoms with E-state index >= 15 is 0 Å². The van der Waals surface area contributed by atoms with Crippen LogP contribution in [0.25, 0.3) is 10.8 Å². The van der Waals surface area contributed by atoms with Crippen molar-refractivity contribution in [2.75, 3.05) is 7.11 Å². The predicted octanol–water partition coefficient (Wildman–Crippen LogP) is 3.21. The van der Waals surface area contributed by atoms with Crippen LogP contribution in [0.1, 0.15) is 5.56 Å². The molecule has 0 bridgehead atoms. The quantitative estimate of drug-likeness (QED) is 0.670. The highest BCUT2D eigenvalue weighted by atomic mass is 35.5. The van der Waals surface area contributed by atoms with Gasteiger partial charge in [-0.15, -0.1) is 0 Å². The second-order valence-electron chi connectivity index (χ2n) is 3.14.